The van der Waals surface area contributed by atoms with Gasteiger partial charge in [-0.15, -0.1) is 5.10 Å². The highest BCUT2D eigenvalue weighted by Crippen LogP contribution is 2.28. The molecule has 9 heteroatoms. The van der Waals surface area contributed by atoms with E-state index in [4.69, 9.17) is 16.3 Å². The lowest BCUT2D eigenvalue weighted by Crippen LogP contribution is -2.23. The maximum absolute atomic E-state index is 12.5. The molecule has 0 saturated carbocycles. The minimum Gasteiger partial charge on any atom is -0.495 e. The lowest BCUT2D eigenvalue weighted by molar-refractivity contribution is -0.115. The average molecular weight is 390 g/mol. The number of benzene rings is 2. The van der Waals surface area contributed by atoms with Gasteiger partial charge in [0.05, 0.1) is 28.8 Å². The maximum Gasteiger partial charge on any atom is 0.237 e. The molecule has 1 amide bonds. The van der Waals surface area contributed by atoms with E-state index in [1.807, 2.05) is 30.3 Å². The molecular weight excluding hydrogens is 374 g/mol. The molecule has 0 aliphatic heterocycles. The summed E-state index contributed by atoms with van der Waals surface area (Å²) in [6.45, 7) is 1.78. The number of rotatable bonds is 6. The number of tetrazole rings is 1. The zero-order chi connectivity index (χ0) is 18.5. The van der Waals surface area contributed by atoms with E-state index < -0.39 is 5.25 Å². The summed E-state index contributed by atoms with van der Waals surface area (Å²) < 4.78 is 6.76. The number of nitrogens with one attached hydrogen (secondary N) is 1. The minimum absolute atomic E-state index is 0.187. The van der Waals surface area contributed by atoms with Gasteiger partial charge in [-0.3, -0.25) is 4.79 Å². The zero-order valence-corrected chi connectivity index (χ0v) is 15.7. The highest BCUT2D eigenvalue weighted by molar-refractivity contribution is 8.00. The van der Waals surface area contributed by atoms with E-state index in [0.29, 0.717) is 27.3 Å². The number of carbonyl (C=O) groups excluding carboxylic acids is 1. The molecule has 0 spiro atoms. The number of carbonyl (C=O) groups is 1. The van der Waals surface area contributed by atoms with Gasteiger partial charge in [0.15, 0.2) is 0 Å². The third kappa shape index (κ3) is 3.97. The highest BCUT2D eigenvalue weighted by atomic mass is 35.5. The van der Waals surface area contributed by atoms with Gasteiger partial charge in [-0.25, -0.2) is 0 Å². The molecule has 2 aromatic carbocycles. The van der Waals surface area contributed by atoms with Gasteiger partial charge < -0.3 is 10.1 Å². The van der Waals surface area contributed by atoms with Crippen molar-refractivity contribution < 1.29 is 9.53 Å². The topological polar surface area (TPSA) is 81.9 Å². The van der Waals surface area contributed by atoms with Gasteiger partial charge in [0.2, 0.25) is 11.1 Å². The van der Waals surface area contributed by atoms with Crippen LogP contribution in [0.25, 0.3) is 5.69 Å². The lowest BCUT2D eigenvalue weighted by Gasteiger charge is -2.14. The van der Waals surface area contributed by atoms with Crippen molar-refractivity contribution in [3.05, 3.63) is 53.6 Å². The van der Waals surface area contributed by atoms with Crippen LogP contribution in [0.3, 0.4) is 0 Å². The van der Waals surface area contributed by atoms with Crippen molar-refractivity contribution in [1.82, 2.24) is 20.2 Å². The van der Waals surface area contributed by atoms with Crippen molar-refractivity contribution in [3.63, 3.8) is 0 Å². The number of nitrogens with zero attached hydrogens (tertiary/aromatic N) is 4. The summed E-state index contributed by atoms with van der Waals surface area (Å²) >= 11 is 7.45. The number of ether oxygens (including phenoxy) is 1. The van der Waals surface area contributed by atoms with E-state index in [-0.39, 0.29) is 5.91 Å². The molecule has 1 atom stereocenters. The molecule has 0 fully saturated rings. The average Bonchev–Trinajstić information content (AvgIpc) is 3.10. The van der Waals surface area contributed by atoms with Crippen LogP contribution in [-0.4, -0.2) is 38.5 Å². The third-order valence-electron chi connectivity index (χ3n) is 3.54. The molecule has 1 heterocycles. The Balaban J connectivity index is 1.75. The van der Waals surface area contributed by atoms with Crippen LogP contribution in [-0.2, 0) is 4.79 Å². The summed E-state index contributed by atoms with van der Waals surface area (Å²) in [6.07, 6.45) is 0. The molecule has 1 N–H and O–H groups in total. The first-order valence-corrected chi connectivity index (χ1v) is 8.99. The van der Waals surface area contributed by atoms with Gasteiger partial charge in [0, 0.05) is 0 Å². The second-order valence-corrected chi connectivity index (χ2v) is 6.99. The van der Waals surface area contributed by atoms with Gasteiger partial charge in [0.1, 0.15) is 5.75 Å². The Kier molecular flexibility index (Phi) is 5.75. The second kappa shape index (κ2) is 8.20. The number of aromatic nitrogens is 4. The van der Waals surface area contributed by atoms with E-state index >= 15 is 0 Å². The second-order valence-electron chi connectivity index (χ2n) is 5.27. The smallest absolute Gasteiger partial charge is 0.237 e. The summed E-state index contributed by atoms with van der Waals surface area (Å²) in [6, 6.07) is 14.5. The summed E-state index contributed by atoms with van der Waals surface area (Å²) in [7, 11) is 1.56. The van der Waals surface area contributed by atoms with E-state index in [9.17, 15) is 4.79 Å². The fourth-order valence-corrected chi connectivity index (χ4v) is 3.24. The number of methoxy groups -OCH3 is 1. The van der Waals surface area contributed by atoms with Crippen molar-refractivity contribution >= 4 is 35.0 Å². The van der Waals surface area contributed by atoms with Crippen molar-refractivity contribution in [1.29, 1.82) is 0 Å². The molecule has 1 aromatic heterocycles. The molecule has 0 aliphatic rings. The summed E-state index contributed by atoms with van der Waals surface area (Å²) in [5.74, 6) is 0.409. The molecule has 0 radical (unpaired) electrons. The molecule has 0 aliphatic carbocycles. The Hall–Kier alpha value is -2.58. The molecule has 0 unspecified atom stereocenters. The SMILES string of the molecule is COc1ccccc1NC(=O)[C@@H](C)Sc1nnnn1-c1ccccc1Cl. The van der Waals surface area contributed by atoms with E-state index in [1.165, 1.54) is 16.4 Å². The van der Waals surface area contributed by atoms with Gasteiger partial charge in [-0.2, -0.15) is 4.68 Å². The van der Waals surface area contributed by atoms with Gasteiger partial charge in [0.25, 0.3) is 0 Å². The summed E-state index contributed by atoms with van der Waals surface area (Å²) in [5.41, 5.74) is 1.26. The van der Waals surface area contributed by atoms with Gasteiger partial charge in [-0.1, -0.05) is 47.6 Å². The fraction of sp³-hybridized carbons (Fsp3) is 0.176. The van der Waals surface area contributed by atoms with Crippen molar-refractivity contribution in [3.8, 4) is 11.4 Å². The van der Waals surface area contributed by atoms with Crippen LogP contribution < -0.4 is 10.1 Å². The molecule has 26 heavy (non-hydrogen) atoms. The monoisotopic (exact) mass is 389 g/mol. The number of hydrogen-bond donors (Lipinski definition) is 1. The van der Waals surface area contributed by atoms with Gasteiger partial charge >= 0.3 is 0 Å². The van der Waals surface area contributed by atoms with E-state index in [1.54, 1.807) is 32.2 Å². The number of para-hydroxylation sites is 3. The van der Waals surface area contributed by atoms with Crippen molar-refractivity contribution in [2.24, 2.45) is 0 Å². The Labute approximate surface area is 159 Å². The van der Waals surface area contributed by atoms with Crippen molar-refractivity contribution in [2.75, 3.05) is 12.4 Å². The Morgan fingerprint density at radius 2 is 1.96 bits per heavy atom. The number of halogens is 1. The highest BCUT2D eigenvalue weighted by Gasteiger charge is 2.21. The maximum atomic E-state index is 12.5. The first-order chi connectivity index (χ1) is 12.6. The van der Waals surface area contributed by atoms with Crippen molar-refractivity contribution in [2.45, 2.75) is 17.3 Å². The molecular formula is C17H16ClN5O2S. The fourth-order valence-electron chi connectivity index (χ4n) is 2.22. The first kappa shape index (κ1) is 18.2. The Morgan fingerprint density at radius 3 is 2.73 bits per heavy atom. The predicted octanol–water partition coefficient (Wildman–Crippen LogP) is 3.44. The van der Waals surface area contributed by atoms with E-state index in [0.717, 1.165) is 0 Å². The zero-order valence-electron chi connectivity index (χ0n) is 14.1. The Morgan fingerprint density at radius 1 is 1.23 bits per heavy atom. The van der Waals surface area contributed by atoms with Crippen LogP contribution in [0.2, 0.25) is 5.02 Å². The summed E-state index contributed by atoms with van der Waals surface area (Å²) in [4.78, 5) is 12.5. The summed E-state index contributed by atoms with van der Waals surface area (Å²) in [5, 5.41) is 15.1. The minimum atomic E-state index is -0.438. The van der Waals surface area contributed by atoms with Gasteiger partial charge in [-0.05, 0) is 41.6 Å². The largest absolute Gasteiger partial charge is 0.495 e. The standard InChI is InChI=1S/C17H16ClN5O2S/c1-11(16(24)19-13-8-4-6-10-15(13)25-2)26-17-20-21-22-23(17)14-9-5-3-7-12(14)18/h3-11H,1-2H3,(H,19,24)/t11-/m1/s1. The number of anilines is 1. The molecule has 3 aromatic rings. The third-order valence-corrected chi connectivity index (χ3v) is 4.89. The number of thioether (sulfide) groups is 1. The molecule has 0 saturated heterocycles. The molecule has 3 rings (SSSR count). The van der Waals surface area contributed by atoms with E-state index in [2.05, 4.69) is 20.8 Å². The molecule has 7 nitrogen and oxygen atoms in total. The van der Waals surface area contributed by atoms with Crippen LogP contribution in [0.15, 0.2) is 53.7 Å². The first-order valence-electron chi connectivity index (χ1n) is 7.74. The van der Waals surface area contributed by atoms with Crippen LogP contribution in [0.5, 0.6) is 5.75 Å². The normalized spacial score (nSPS) is 11.8. The number of hydrogen-bond acceptors (Lipinski definition) is 6. The molecule has 0 bridgehead atoms. The predicted molar refractivity (Wildman–Crippen MR) is 101 cm³/mol. The van der Waals surface area contributed by atoms with Crippen LogP contribution >= 0.6 is 23.4 Å². The van der Waals surface area contributed by atoms with Crippen LogP contribution in [0, 0.1) is 0 Å². The quantitative estimate of drug-likeness (QED) is 0.650. The Bertz CT molecular complexity index is 917. The molecule has 134 valence electrons. The lowest BCUT2D eigenvalue weighted by atomic mass is 10.3. The van der Waals surface area contributed by atoms with Crippen LogP contribution in [0.1, 0.15) is 6.92 Å². The van der Waals surface area contributed by atoms with Crippen LogP contribution in [0.4, 0.5) is 5.69 Å². The number of amides is 1.